The van der Waals surface area contributed by atoms with Gasteiger partial charge in [0, 0.05) is 18.8 Å². The zero-order valence-corrected chi connectivity index (χ0v) is 10.1. The third-order valence-electron chi connectivity index (χ3n) is 3.18. The van der Waals surface area contributed by atoms with Crippen molar-refractivity contribution in [2.45, 2.75) is 32.1 Å². The molecular formula is C13H15F4N. The molecule has 0 bridgehead atoms. The number of hydrogen-bond acceptors (Lipinski definition) is 1. The molecule has 0 aliphatic carbocycles. The number of anilines is 1. The number of halogens is 4. The van der Waals surface area contributed by atoms with Gasteiger partial charge in [-0.3, -0.25) is 0 Å². The Bertz CT molecular complexity index is 419. The van der Waals surface area contributed by atoms with Crippen LogP contribution in [0.2, 0.25) is 0 Å². The smallest absolute Gasteiger partial charge is 0.371 e. The van der Waals surface area contributed by atoms with Gasteiger partial charge in [-0.05, 0) is 43.5 Å². The molecule has 0 saturated carbocycles. The quantitative estimate of drug-likeness (QED) is 0.692. The lowest BCUT2D eigenvalue weighted by atomic mass is 10.1. The molecule has 1 heterocycles. The molecule has 0 radical (unpaired) electrons. The molecule has 18 heavy (non-hydrogen) atoms. The van der Waals surface area contributed by atoms with Crippen LogP contribution in [0.25, 0.3) is 0 Å². The van der Waals surface area contributed by atoms with E-state index < -0.39 is 17.9 Å². The molecule has 2 rings (SSSR count). The summed E-state index contributed by atoms with van der Waals surface area (Å²) in [5, 5.41) is 0. The summed E-state index contributed by atoms with van der Waals surface area (Å²) in [7, 11) is 0. The fourth-order valence-electron chi connectivity index (χ4n) is 2.22. The summed E-state index contributed by atoms with van der Waals surface area (Å²) in [6.45, 7) is 2.59. The summed E-state index contributed by atoms with van der Waals surface area (Å²) >= 11 is 0. The first-order chi connectivity index (χ1) is 8.36. The topological polar surface area (TPSA) is 3.24 Å². The van der Waals surface area contributed by atoms with E-state index in [0.29, 0.717) is 37.2 Å². The first-order valence-corrected chi connectivity index (χ1v) is 5.94. The van der Waals surface area contributed by atoms with E-state index in [-0.39, 0.29) is 0 Å². The van der Waals surface area contributed by atoms with Gasteiger partial charge in [0.15, 0.2) is 0 Å². The van der Waals surface area contributed by atoms with Gasteiger partial charge in [0.2, 0.25) is 0 Å². The van der Waals surface area contributed by atoms with E-state index in [0.717, 1.165) is 12.1 Å². The summed E-state index contributed by atoms with van der Waals surface area (Å²) in [5.74, 6) is 0. The highest BCUT2D eigenvalue weighted by atomic mass is 19.4. The minimum absolute atomic E-state index is 0.384. The van der Waals surface area contributed by atoms with E-state index in [4.69, 9.17) is 0 Å². The van der Waals surface area contributed by atoms with Crippen molar-refractivity contribution in [2.24, 2.45) is 0 Å². The maximum absolute atomic E-state index is 13.0. The maximum Gasteiger partial charge on any atom is 0.416 e. The average molecular weight is 261 g/mol. The molecule has 1 saturated heterocycles. The molecule has 5 heteroatoms. The highest BCUT2D eigenvalue weighted by Crippen LogP contribution is 2.33. The predicted molar refractivity (Wildman–Crippen MR) is 62.5 cm³/mol. The molecule has 0 spiro atoms. The Kier molecular flexibility index (Phi) is 3.50. The fraction of sp³-hybridized carbons (Fsp3) is 0.538. The molecule has 100 valence electrons. The lowest BCUT2D eigenvalue weighted by molar-refractivity contribution is -0.137. The van der Waals surface area contributed by atoms with Gasteiger partial charge < -0.3 is 4.90 Å². The van der Waals surface area contributed by atoms with Gasteiger partial charge in [0.05, 0.1) is 5.56 Å². The first-order valence-electron chi connectivity index (χ1n) is 5.94. The number of nitrogens with zero attached hydrogens (tertiary/aromatic N) is 1. The van der Waals surface area contributed by atoms with E-state index in [1.54, 1.807) is 13.0 Å². The van der Waals surface area contributed by atoms with Crippen LogP contribution in [0.15, 0.2) is 18.2 Å². The molecule has 0 atom stereocenters. The van der Waals surface area contributed by atoms with Gasteiger partial charge in [-0.2, -0.15) is 13.2 Å². The van der Waals surface area contributed by atoms with Crippen molar-refractivity contribution in [3.05, 3.63) is 29.3 Å². The van der Waals surface area contributed by atoms with E-state index in [9.17, 15) is 17.6 Å². The minimum Gasteiger partial charge on any atom is -0.371 e. The second-order valence-corrected chi connectivity index (χ2v) is 4.72. The van der Waals surface area contributed by atoms with Crippen LogP contribution in [0.5, 0.6) is 0 Å². The van der Waals surface area contributed by atoms with Crippen LogP contribution in [0.1, 0.15) is 24.0 Å². The third-order valence-corrected chi connectivity index (χ3v) is 3.18. The van der Waals surface area contributed by atoms with E-state index >= 15 is 0 Å². The largest absolute Gasteiger partial charge is 0.416 e. The van der Waals surface area contributed by atoms with Crippen molar-refractivity contribution in [3.63, 3.8) is 0 Å². The number of benzene rings is 1. The Hall–Kier alpha value is -1.26. The lowest BCUT2D eigenvalue weighted by Crippen LogP contribution is -2.34. The van der Waals surface area contributed by atoms with Crippen molar-refractivity contribution in [1.29, 1.82) is 0 Å². The highest BCUT2D eigenvalue weighted by molar-refractivity contribution is 5.52. The van der Waals surface area contributed by atoms with Crippen LogP contribution in [-0.4, -0.2) is 19.3 Å². The zero-order valence-electron chi connectivity index (χ0n) is 10.1. The highest BCUT2D eigenvalue weighted by Gasteiger charge is 2.31. The van der Waals surface area contributed by atoms with Crippen molar-refractivity contribution in [1.82, 2.24) is 0 Å². The minimum atomic E-state index is -4.33. The molecule has 1 aliphatic rings. The lowest BCUT2D eigenvalue weighted by Gasteiger charge is -2.31. The second-order valence-electron chi connectivity index (χ2n) is 4.72. The Labute approximate surface area is 103 Å². The Balaban J connectivity index is 2.25. The molecule has 0 amide bonds. The fourth-order valence-corrected chi connectivity index (χ4v) is 2.22. The molecule has 1 aromatic carbocycles. The second kappa shape index (κ2) is 4.78. The third kappa shape index (κ3) is 2.94. The molecule has 0 N–H and O–H groups in total. The number of hydrogen-bond donors (Lipinski definition) is 0. The summed E-state index contributed by atoms with van der Waals surface area (Å²) < 4.78 is 51.1. The van der Waals surface area contributed by atoms with Gasteiger partial charge in [0.25, 0.3) is 0 Å². The summed E-state index contributed by atoms with van der Waals surface area (Å²) in [6, 6.07) is 3.99. The Morgan fingerprint density at radius 2 is 1.72 bits per heavy atom. The first kappa shape index (κ1) is 13.2. The number of alkyl halides is 4. The summed E-state index contributed by atoms with van der Waals surface area (Å²) in [6.07, 6.45) is -4.39. The molecule has 0 aromatic heterocycles. The molecular weight excluding hydrogens is 246 g/mol. The van der Waals surface area contributed by atoms with Gasteiger partial charge >= 0.3 is 6.18 Å². The van der Waals surface area contributed by atoms with Crippen molar-refractivity contribution in [3.8, 4) is 0 Å². The number of rotatable bonds is 1. The molecule has 0 unspecified atom stereocenters. The molecule has 1 aliphatic heterocycles. The van der Waals surface area contributed by atoms with Gasteiger partial charge in [0.1, 0.15) is 6.17 Å². The average Bonchev–Trinajstić information content (AvgIpc) is 2.28. The monoisotopic (exact) mass is 261 g/mol. The molecule has 1 fully saturated rings. The van der Waals surface area contributed by atoms with Crippen molar-refractivity contribution >= 4 is 5.69 Å². The SMILES string of the molecule is Cc1cc(N2CCC(F)CC2)cc(C(F)(F)F)c1. The normalized spacial score (nSPS) is 18.2. The van der Waals surface area contributed by atoms with Crippen LogP contribution in [-0.2, 0) is 6.18 Å². The molecule has 1 aromatic rings. The van der Waals surface area contributed by atoms with Crippen molar-refractivity contribution in [2.75, 3.05) is 18.0 Å². The standard InChI is InChI=1S/C13H15F4N/c1-9-6-10(13(15,16)17)8-12(7-9)18-4-2-11(14)3-5-18/h6-8,11H,2-5H2,1H3. The van der Waals surface area contributed by atoms with Gasteiger partial charge in [-0.15, -0.1) is 0 Å². The summed E-state index contributed by atoms with van der Waals surface area (Å²) in [5.41, 5.74) is 0.469. The van der Waals surface area contributed by atoms with E-state index in [2.05, 4.69) is 0 Å². The Morgan fingerprint density at radius 3 is 2.28 bits per heavy atom. The van der Waals surface area contributed by atoms with Gasteiger partial charge in [-0.1, -0.05) is 0 Å². The number of piperidine rings is 1. The van der Waals surface area contributed by atoms with Crippen molar-refractivity contribution < 1.29 is 17.6 Å². The number of aryl methyl sites for hydroxylation is 1. The maximum atomic E-state index is 13.0. The summed E-state index contributed by atoms with van der Waals surface area (Å²) in [4.78, 5) is 1.82. The zero-order chi connectivity index (χ0) is 13.3. The van der Waals surface area contributed by atoms with Crippen LogP contribution in [0.4, 0.5) is 23.2 Å². The van der Waals surface area contributed by atoms with Crippen LogP contribution >= 0.6 is 0 Å². The van der Waals surface area contributed by atoms with E-state index in [1.807, 2.05) is 4.90 Å². The molecule has 1 nitrogen and oxygen atoms in total. The van der Waals surface area contributed by atoms with E-state index in [1.165, 1.54) is 0 Å². The predicted octanol–water partition coefficient (Wildman–Crippen LogP) is 3.95. The van der Waals surface area contributed by atoms with Crippen LogP contribution < -0.4 is 4.90 Å². The van der Waals surface area contributed by atoms with Crippen LogP contribution in [0, 0.1) is 6.92 Å². The van der Waals surface area contributed by atoms with Gasteiger partial charge in [-0.25, -0.2) is 4.39 Å². The van der Waals surface area contributed by atoms with Crippen LogP contribution in [0.3, 0.4) is 0 Å². The Morgan fingerprint density at radius 1 is 1.11 bits per heavy atom.